The van der Waals surface area contributed by atoms with Gasteiger partial charge >= 0.3 is 0 Å². The maximum Gasteiger partial charge on any atom is 0.244 e. The van der Waals surface area contributed by atoms with Gasteiger partial charge in [-0.05, 0) is 41.4 Å². The van der Waals surface area contributed by atoms with Crippen molar-refractivity contribution in [2.75, 3.05) is 31.6 Å². The third kappa shape index (κ3) is 3.48. The standard InChI is InChI=1S/C14H19BrN2O2/c1-10-4-3-5-12(13(10)15)16-11(2)14(18)17-6-8-19-9-7-17/h3-5,11,16H,6-9H2,1-2H3. The molecule has 0 aromatic heterocycles. The van der Waals surface area contributed by atoms with E-state index >= 15 is 0 Å². The molecule has 1 aliphatic heterocycles. The normalized spacial score (nSPS) is 17.1. The van der Waals surface area contributed by atoms with Crippen LogP contribution in [0, 0.1) is 6.92 Å². The van der Waals surface area contributed by atoms with Crippen LogP contribution < -0.4 is 5.32 Å². The Bertz CT molecular complexity index is 459. The predicted molar refractivity (Wildman–Crippen MR) is 79.4 cm³/mol. The molecule has 2 rings (SSSR count). The van der Waals surface area contributed by atoms with E-state index < -0.39 is 0 Å². The van der Waals surface area contributed by atoms with Crippen molar-refractivity contribution >= 4 is 27.5 Å². The summed E-state index contributed by atoms with van der Waals surface area (Å²) in [6.45, 7) is 6.55. The lowest BCUT2D eigenvalue weighted by molar-refractivity contribution is -0.135. The van der Waals surface area contributed by atoms with Gasteiger partial charge in [0.2, 0.25) is 5.91 Å². The molecule has 1 aromatic rings. The van der Waals surface area contributed by atoms with Gasteiger partial charge in [-0.3, -0.25) is 4.79 Å². The lowest BCUT2D eigenvalue weighted by Crippen LogP contribution is -2.47. The fraction of sp³-hybridized carbons (Fsp3) is 0.500. The number of nitrogens with zero attached hydrogens (tertiary/aromatic N) is 1. The third-order valence-corrected chi connectivity index (χ3v) is 4.31. The van der Waals surface area contributed by atoms with Gasteiger partial charge in [0.15, 0.2) is 0 Å². The van der Waals surface area contributed by atoms with Crippen molar-refractivity contribution in [3.63, 3.8) is 0 Å². The third-order valence-electron chi connectivity index (χ3n) is 3.26. The number of hydrogen-bond acceptors (Lipinski definition) is 3. The highest BCUT2D eigenvalue weighted by Gasteiger charge is 2.22. The fourth-order valence-corrected chi connectivity index (χ4v) is 2.49. The molecule has 4 nitrogen and oxygen atoms in total. The monoisotopic (exact) mass is 326 g/mol. The molecule has 0 bridgehead atoms. The van der Waals surface area contributed by atoms with E-state index in [1.54, 1.807) is 0 Å². The van der Waals surface area contributed by atoms with Crippen LogP contribution in [0.15, 0.2) is 22.7 Å². The average Bonchev–Trinajstić information content (AvgIpc) is 2.44. The van der Waals surface area contributed by atoms with Crippen LogP contribution in [0.1, 0.15) is 12.5 Å². The second-order valence-corrected chi connectivity index (χ2v) is 5.53. The van der Waals surface area contributed by atoms with Gasteiger partial charge in [0.05, 0.1) is 13.2 Å². The molecule has 1 aliphatic rings. The van der Waals surface area contributed by atoms with Gasteiger partial charge in [-0.1, -0.05) is 12.1 Å². The maximum atomic E-state index is 12.3. The van der Waals surface area contributed by atoms with E-state index in [-0.39, 0.29) is 11.9 Å². The van der Waals surface area contributed by atoms with Gasteiger partial charge in [-0.15, -0.1) is 0 Å². The first-order valence-electron chi connectivity index (χ1n) is 6.48. The summed E-state index contributed by atoms with van der Waals surface area (Å²) in [5.41, 5.74) is 2.10. The highest BCUT2D eigenvalue weighted by Crippen LogP contribution is 2.26. The summed E-state index contributed by atoms with van der Waals surface area (Å²) in [5.74, 6) is 0.122. The topological polar surface area (TPSA) is 41.6 Å². The number of ether oxygens (including phenoxy) is 1. The zero-order valence-electron chi connectivity index (χ0n) is 11.3. The Hall–Kier alpha value is -1.07. The predicted octanol–water partition coefficient (Wildman–Crippen LogP) is 2.42. The number of carbonyl (C=O) groups excluding carboxylic acids is 1. The number of nitrogens with one attached hydrogen (secondary N) is 1. The van der Waals surface area contributed by atoms with Gasteiger partial charge in [0.25, 0.3) is 0 Å². The molecular weight excluding hydrogens is 308 g/mol. The number of morpholine rings is 1. The molecule has 19 heavy (non-hydrogen) atoms. The summed E-state index contributed by atoms with van der Waals surface area (Å²) < 4.78 is 6.27. The quantitative estimate of drug-likeness (QED) is 0.927. The number of hydrogen-bond donors (Lipinski definition) is 1. The number of rotatable bonds is 3. The van der Waals surface area contributed by atoms with E-state index in [1.807, 2.05) is 36.9 Å². The summed E-state index contributed by atoms with van der Waals surface area (Å²) in [6.07, 6.45) is 0. The summed E-state index contributed by atoms with van der Waals surface area (Å²) in [4.78, 5) is 14.1. The Kier molecular flexibility index (Phi) is 4.82. The summed E-state index contributed by atoms with van der Waals surface area (Å²) in [6, 6.07) is 5.74. The van der Waals surface area contributed by atoms with Crippen LogP contribution >= 0.6 is 15.9 Å². The Balaban J connectivity index is 2.01. The van der Waals surface area contributed by atoms with Gasteiger partial charge in [0, 0.05) is 23.2 Å². The second kappa shape index (κ2) is 6.39. The van der Waals surface area contributed by atoms with Crippen molar-refractivity contribution in [2.45, 2.75) is 19.9 Å². The summed E-state index contributed by atoms with van der Waals surface area (Å²) in [5, 5.41) is 3.27. The van der Waals surface area contributed by atoms with Gasteiger partial charge in [0.1, 0.15) is 6.04 Å². The van der Waals surface area contributed by atoms with E-state index in [1.165, 1.54) is 0 Å². The Morgan fingerprint density at radius 2 is 2.11 bits per heavy atom. The summed E-state index contributed by atoms with van der Waals surface area (Å²) in [7, 11) is 0. The molecular formula is C14H19BrN2O2. The van der Waals surface area contributed by atoms with Crippen LogP contribution in [0.2, 0.25) is 0 Å². The first kappa shape index (κ1) is 14.3. The van der Waals surface area contributed by atoms with Crippen molar-refractivity contribution in [1.82, 2.24) is 4.90 Å². The minimum Gasteiger partial charge on any atom is -0.378 e. The zero-order chi connectivity index (χ0) is 13.8. The van der Waals surface area contributed by atoms with Crippen LogP contribution in [0.5, 0.6) is 0 Å². The first-order chi connectivity index (χ1) is 9.09. The number of halogens is 1. The highest BCUT2D eigenvalue weighted by molar-refractivity contribution is 9.10. The van der Waals surface area contributed by atoms with Crippen LogP contribution in [0.3, 0.4) is 0 Å². The maximum absolute atomic E-state index is 12.3. The van der Waals surface area contributed by atoms with Crippen LogP contribution in [0.25, 0.3) is 0 Å². The lowest BCUT2D eigenvalue weighted by Gasteiger charge is -2.30. The largest absolute Gasteiger partial charge is 0.378 e. The summed E-state index contributed by atoms with van der Waals surface area (Å²) >= 11 is 3.55. The molecule has 1 N–H and O–H groups in total. The number of amides is 1. The van der Waals surface area contributed by atoms with Crippen LogP contribution in [-0.2, 0) is 9.53 Å². The van der Waals surface area contributed by atoms with E-state index in [0.29, 0.717) is 26.3 Å². The van der Waals surface area contributed by atoms with Gasteiger partial charge in [-0.25, -0.2) is 0 Å². The minimum atomic E-state index is -0.240. The van der Waals surface area contributed by atoms with Crippen molar-refractivity contribution in [2.24, 2.45) is 0 Å². The number of carbonyl (C=O) groups is 1. The number of benzene rings is 1. The molecule has 0 aliphatic carbocycles. The molecule has 1 aromatic carbocycles. The van der Waals surface area contributed by atoms with E-state index in [9.17, 15) is 4.79 Å². The van der Waals surface area contributed by atoms with Crippen molar-refractivity contribution in [3.05, 3.63) is 28.2 Å². The van der Waals surface area contributed by atoms with Gasteiger partial charge < -0.3 is 15.0 Å². The molecule has 1 amide bonds. The average molecular weight is 327 g/mol. The molecule has 1 unspecified atom stereocenters. The molecule has 0 saturated carbocycles. The number of aryl methyl sites for hydroxylation is 1. The second-order valence-electron chi connectivity index (χ2n) is 4.74. The Labute approximate surface area is 122 Å². The zero-order valence-corrected chi connectivity index (χ0v) is 12.9. The smallest absolute Gasteiger partial charge is 0.244 e. The van der Waals surface area contributed by atoms with E-state index in [4.69, 9.17) is 4.74 Å². The fourth-order valence-electron chi connectivity index (χ4n) is 2.11. The van der Waals surface area contributed by atoms with Crippen molar-refractivity contribution in [3.8, 4) is 0 Å². The molecule has 104 valence electrons. The van der Waals surface area contributed by atoms with Crippen molar-refractivity contribution < 1.29 is 9.53 Å². The molecule has 0 spiro atoms. The Morgan fingerprint density at radius 3 is 2.79 bits per heavy atom. The molecule has 1 saturated heterocycles. The minimum absolute atomic E-state index is 0.122. The lowest BCUT2D eigenvalue weighted by atomic mass is 10.2. The Morgan fingerprint density at radius 1 is 1.42 bits per heavy atom. The molecule has 1 fully saturated rings. The van der Waals surface area contributed by atoms with E-state index in [2.05, 4.69) is 21.2 Å². The van der Waals surface area contributed by atoms with Gasteiger partial charge in [-0.2, -0.15) is 0 Å². The number of anilines is 1. The highest BCUT2D eigenvalue weighted by atomic mass is 79.9. The van der Waals surface area contributed by atoms with Crippen LogP contribution in [0.4, 0.5) is 5.69 Å². The van der Waals surface area contributed by atoms with E-state index in [0.717, 1.165) is 15.7 Å². The van der Waals surface area contributed by atoms with Crippen molar-refractivity contribution in [1.29, 1.82) is 0 Å². The molecule has 1 heterocycles. The first-order valence-corrected chi connectivity index (χ1v) is 7.27. The molecule has 0 radical (unpaired) electrons. The molecule has 1 atom stereocenters. The SMILES string of the molecule is Cc1cccc(NC(C)C(=O)N2CCOCC2)c1Br. The van der Waals surface area contributed by atoms with Crippen LogP contribution in [-0.4, -0.2) is 43.2 Å². The molecule has 5 heteroatoms.